The van der Waals surface area contributed by atoms with Gasteiger partial charge in [0.2, 0.25) is 0 Å². The number of hydrogen-bond acceptors (Lipinski definition) is 1. The molecule has 3 atom stereocenters. The molecule has 0 saturated heterocycles. The van der Waals surface area contributed by atoms with E-state index in [1.165, 1.54) is 6.42 Å². The van der Waals surface area contributed by atoms with Gasteiger partial charge in [-0.2, -0.15) is 0 Å². The first-order chi connectivity index (χ1) is 4.20. The Bertz CT molecular complexity index is 94.9. The van der Waals surface area contributed by atoms with Gasteiger partial charge in [-0.05, 0) is 25.2 Å². The summed E-state index contributed by atoms with van der Waals surface area (Å²) in [7, 11) is 0. The molecule has 1 nitrogen and oxygen atoms in total. The van der Waals surface area contributed by atoms with Gasteiger partial charge in [0, 0.05) is 3.92 Å². The summed E-state index contributed by atoms with van der Waals surface area (Å²) < 4.78 is 0.797. The molecule has 1 fully saturated rings. The van der Waals surface area contributed by atoms with Crippen LogP contribution in [-0.2, 0) is 0 Å². The molecule has 0 radical (unpaired) electrons. The summed E-state index contributed by atoms with van der Waals surface area (Å²) in [5.41, 5.74) is 0. The van der Waals surface area contributed by atoms with E-state index in [1.54, 1.807) is 0 Å². The third kappa shape index (κ3) is 2.08. The zero-order valence-corrected chi connectivity index (χ0v) is 7.84. The zero-order valence-electron chi connectivity index (χ0n) is 5.68. The monoisotopic (exact) mass is 240 g/mol. The van der Waals surface area contributed by atoms with Crippen LogP contribution in [0.3, 0.4) is 0 Å². The quantitative estimate of drug-likeness (QED) is 0.507. The second-order valence-electron chi connectivity index (χ2n) is 2.96. The predicted molar refractivity (Wildman–Crippen MR) is 46.8 cm³/mol. The standard InChI is InChI=1S/C7H13IO/c1-5-4-6(9)2-3-7(5)8/h5-7,9H,2-4H2,1H3. The Morgan fingerprint density at radius 2 is 2.11 bits per heavy atom. The fraction of sp³-hybridized carbons (Fsp3) is 1.00. The number of rotatable bonds is 0. The molecule has 1 aliphatic carbocycles. The molecule has 0 amide bonds. The van der Waals surface area contributed by atoms with E-state index in [1.807, 2.05) is 0 Å². The summed E-state index contributed by atoms with van der Waals surface area (Å²) in [5.74, 6) is 0.717. The second kappa shape index (κ2) is 3.19. The van der Waals surface area contributed by atoms with Crippen LogP contribution in [0.5, 0.6) is 0 Å². The summed E-state index contributed by atoms with van der Waals surface area (Å²) in [4.78, 5) is 0. The lowest BCUT2D eigenvalue weighted by molar-refractivity contribution is 0.111. The number of aliphatic hydroxyl groups excluding tert-OH is 1. The highest BCUT2D eigenvalue weighted by molar-refractivity contribution is 14.1. The van der Waals surface area contributed by atoms with Gasteiger partial charge < -0.3 is 5.11 Å². The van der Waals surface area contributed by atoms with Crippen molar-refractivity contribution in [2.24, 2.45) is 5.92 Å². The lowest BCUT2D eigenvalue weighted by Crippen LogP contribution is -2.25. The Hall–Kier alpha value is 0.690. The van der Waals surface area contributed by atoms with Crippen LogP contribution in [0.25, 0.3) is 0 Å². The van der Waals surface area contributed by atoms with E-state index >= 15 is 0 Å². The highest BCUT2D eigenvalue weighted by Crippen LogP contribution is 2.29. The summed E-state index contributed by atoms with van der Waals surface area (Å²) in [6, 6.07) is 0. The van der Waals surface area contributed by atoms with Crippen LogP contribution in [0, 0.1) is 5.92 Å². The third-order valence-electron chi connectivity index (χ3n) is 2.04. The van der Waals surface area contributed by atoms with E-state index in [2.05, 4.69) is 29.5 Å². The number of hydrogen-bond donors (Lipinski definition) is 1. The van der Waals surface area contributed by atoms with Crippen LogP contribution in [0.2, 0.25) is 0 Å². The molecule has 0 heterocycles. The lowest BCUT2D eigenvalue weighted by Gasteiger charge is -2.27. The van der Waals surface area contributed by atoms with Crippen LogP contribution in [0.4, 0.5) is 0 Å². The molecule has 2 heteroatoms. The Labute approximate surface area is 70.0 Å². The summed E-state index contributed by atoms with van der Waals surface area (Å²) in [6.07, 6.45) is 3.21. The van der Waals surface area contributed by atoms with Gasteiger partial charge in [0.1, 0.15) is 0 Å². The molecule has 1 rings (SSSR count). The van der Waals surface area contributed by atoms with Crippen molar-refractivity contribution < 1.29 is 5.11 Å². The van der Waals surface area contributed by atoms with Gasteiger partial charge in [-0.25, -0.2) is 0 Å². The smallest absolute Gasteiger partial charge is 0.0543 e. The van der Waals surface area contributed by atoms with Gasteiger partial charge in [-0.3, -0.25) is 0 Å². The highest BCUT2D eigenvalue weighted by Gasteiger charge is 2.23. The molecule has 9 heavy (non-hydrogen) atoms. The lowest BCUT2D eigenvalue weighted by atomic mass is 9.89. The van der Waals surface area contributed by atoms with Crippen LogP contribution in [-0.4, -0.2) is 15.1 Å². The van der Waals surface area contributed by atoms with Gasteiger partial charge in [0.15, 0.2) is 0 Å². The van der Waals surface area contributed by atoms with Crippen molar-refractivity contribution in [2.45, 2.75) is 36.2 Å². The van der Waals surface area contributed by atoms with Crippen molar-refractivity contribution in [2.75, 3.05) is 0 Å². The van der Waals surface area contributed by atoms with E-state index < -0.39 is 0 Å². The van der Waals surface area contributed by atoms with E-state index in [9.17, 15) is 5.11 Å². The number of halogens is 1. The maximum Gasteiger partial charge on any atom is 0.0543 e. The molecular formula is C7H13IO. The number of alkyl halides is 1. The highest BCUT2D eigenvalue weighted by atomic mass is 127. The van der Waals surface area contributed by atoms with Crippen LogP contribution >= 0.6 is 22.6 Å². The third-order valence-corrected chi connectivity index (χ3v) is 3.89. The molecule has 3 unspecified atom stereocenters. The van der Waals surface area contributed by atoms with Gasteiger partial charge in [0.25, 0.3) is 0 Å². The molecule has 0 aromatic carbocycles. The fourth-order valence-corrected chi connectivity index (χ4v) is 1.98. The minimum atomic E-state index is -0.00832. The van der Waals surface area contributed by atoms with E-state index in [-0.39, 0.29) is 6.10 Å². The molecule has 54 valence electrons. The van der Waals surface area contributed by atoms with Gasteiger partial charge in [-0.1, -0.05) is 29.5 Å². The largest absolute Gasteiger partial charge is 0.393 e. The van der Waals surface area contributed by atoms with E-state index in [4.69, 9.17) is 0 Å². The molecular weight excluding hydrogens is 227 g/mol. The van der Waals surface area contributed by atoms with Crippen LogP contribution < -0.4 is 0 Å². The molecule has 1 aliphatic rings. The maximum atomic E-state index is 9.19. The topological polar surface area (TPSA) is 20.2 Å². The first kappa shape index (κ1) is 7.79. The summed E-state index contributed by atoms with van der Waals surface area (Å²) in [6.45, 7) is 2.22. The molecule has 0 spiro atoms. The molecule has 1 N–H and O–H groups in total. The second-order valence-corrected chi connectivity index (χ2v) is 4.56. The molecule has 0 aromatic rings. The average molecular weight is 240 g/mol. The fourth-order valence-electron chi connectivity index (χ4n) is 1.33. The Kier molecular flexibility index (Phi) is 2.76. The molecule has 0 aliphatic heterocycles. The average Bonchev–Trinajstić information content (AvgIpc) is 1.80. The van der Waals surface area contributed by atoms with Crippen LogP contribution in [0.15, 0.2) is 0 Å². The van der Waals surface area contributed by atoms with Crippen LogP contribution in [0.1, 0.15) is 26.2 Å². The Morgan fingerprint density at radius 3 is 2.56 bits per heavy atom. The minimum Gasteiger partial charge on any atom is -0.393 e. The van der Waals surface area contributed by atoms with Gasteiger partial charge in [-0.15, -0.1) is 0 Å². The van der Waals surface area contributed by atoms with Crippen molar-refractivity contribution in [1.29, 1.82) is 0 Å². The normalized spacial score (nSPS) is 45.0. The minimum absolute atomic E-state index is 0.00832. The first-order valence-corrected chi connectivity index (χ1v) is 4.77. The molecule has 0 aromatic heterocycles. The summed E-state index contributed by atoms with van der Waals surface area (Å²) in [5, 5.41) is 9.19. The van der Waals surface area contributed by atoms with Crippen molar-refractivity contribution in [1.82, 2.24) is 0 Å². The molecule has 0 bridgehead atoms. The maximum absolute atomic E-state index is 9.19. The summed E-state index contributed by atoms with van der Waals surface area (Å²) >= 11 is 2.48. The predicted octanol–water partition coefficient (Wildman–Crippen LogP) is 1.97. The number of aliphatic hydroxyl groups is 1. The SMILES string of the molecule is CC1CC(O)CCC1I. The van der Waals surface area contributed by atoms with Gasteiger partial charge >= 0.3 is 0 Å². The van der Waals surface area contributed by atoms with E-state index in [0.717, 1.165) is 16.8 Å². The Balaban J connectivity index is 2.35. The zero-order chi connectivity index (χ0) is 6.85. The Morgan fingerprint density at radius 1 is 1.44 bits per heavy atom. The molecule has 1 saturated carbocycles. The first-order valence-electron chi connectivity index (χ1n) is 3.52. The van der Waals surface area contributed by atoms with E-state index in [0.29, 0.717) is 5.92 Å². The van der Waals surface area contributed by atoms with Gasteiger partial charge in [0.05, 0.1) is 6.10 Å². The van der Waals surface area contributed by atoms with Crippen molar-refractivity contribution in [3.8, 4) is 0 Å². The van der Waals surface area contributed by atoms with Crippen molar-refractivity contribution in [3.05, 3.63) is 0 Å². The van der Waals surface area contributed by atoms with Crippen molar-refractivity contribution in [3.63, 3.8) is 0 Å². The van der Waals surface area contributed by atoms with Crippen molar-refractivity contribution >= 4 is 22.6 Å².